The van der Waals surface area contributed by atoms with E-state index in [1.54, 1.807) is 6.07 Å². The summed E-state index contributed by atoms with van der Waals surface area (Å²) in [6.07, 6.45) is -1.18. The second-order valence-corrected chi connectivity index (χ2v) is 7.00. The van der Waals surface area contributed by atoms with Gasteiger partial charge in [-0.3, -0.25) is 4.79 Å². The summed E-state index contributed by atoms with van der Waals surface area (Å²) in [6, 6.07) is 2.09. The van der Waals surface area contributed by atoms with E-state index in [4.69, 9.17) is 15.1 Å². The fourth-order valence-electron chi connectivity index (χ4n) is 3.12. The van der Waals surface area contributed by atoms with Crippen LogP contribution in [-0.4, -0.2) is 75.1 Å². The zero-order valence-electron chi connectivity index (χ0n) is 14.7. The Morgan fingerprint density at radius 2 is 2.04 bits per heavy atom. The van der Waals surface area contributed by atoms with E-state index in [1.807, 2.05) is 0 Å². The van der Waals surface area contributed by atoms with Crippen molar-refractivity contribution < 1.29 is 39.2 Å². The summed E-state index contributed by atoms with van der Waals surface area (Å²) in [5, 5.41) is 38.4. The molecule has 2 heterocycles. The molecule has 6 N–H and O–H groups in total. The highest BCUT2D eigenvalue weighted by Crippen LogP contribution is 2.38. The first kappa shape index (κ1) is 19.4. The maximum atomic E-state index is 12.0. The number of carboxylic acids is 1. The number of rotatable bonds is 5. The van der Waals surface area contributed by atoms with Gasteiger partial charge in [-0.1, -0.05) is 12.4 Å². The van der Waals surface area contributed by atoms with Gasteiger partial charge in [0, 0.05) is 0 Å². The fraction of sp³-hybridized carbons (Fsp3) is 0.500. The van der Waals surface area contributed by atoms with Crippen LogP contribution in [0.25, 0.3) is 0 Å². The first-order valence-electron chi connectivity index (χ1n) is 8.66. The summed E-state index contributed by atoms with van der Waals surface area (Å²) in [7, 11) is 0. The molecule has 0 spiro atoms. The number of nitrogens with two attached hydrogens (primary N) is 1. The van der Waals surface area contributed by atoms with Gasteiger partial charge in [-0.2, -0.15) is 0 Å². The topological polar surface area (TPSA) is 163 Å². The highest BCUT2D eigenvalue weighted by Gasteiger charge is 2.38. The van der Waals surface area contributed by atoms with Crippen molar-refractivity contribution in [2.45, 2.75) is 37.9 Å². The van der Waals surface area contributed by atoms with E-state index in [9.17, 15) is 29.9 Å². The number of aliphatic hydroxyl groups is 1. The molecule has 27 heavy (non-hydrogen) atoms. The number of aromatic carboxylic acids is 1. The average Bonchev–Trinajstić information content (AvgIpc) is 2.54. The number of fused-ring (bicyclic) bond motifs is 1. The van der Waals surface area contributed by atoms with Gasteiger partial charge in [-0.05, 0) is 25.0 Å². The smallest absolute Gasteiger partial charge is 0.430 e. The lowest BCUT2D eigenvalue weighted by molar-refractivity contribution is -0.143. The van der Waals surface area contributed by atoms with Crippen LogP contribution in [0.15, 0.2) is 12.1 Å². The number of carbonyl (C=O) groups excluding carboxylic acids is 1. The maximum absolute atomic E-state index is 12.0. The fourth-order valence-corrected chi connectivity index (χ4v) is 3.12. The third-order valence-electron chi connectivity index (χ3n) is 4.77. The molecule has 2 aliphatic heterocycles. The molecule has 2 aliphatic rings. The molecule has 1 saturated heterocycles. The normalized spacial score (nSPS) is 20.7. The van der Waals surface area contributed by atoms with Crippen LogP contribution < -0.4 is 15.1 Å². The van der Waals surface area contributed by atoms with Gasteiger partial charge in [0.25, 0.3) is 0 Å². The lowest BCUT2D eigenvalue weighted by Gasteiger charge is -2.41. The second-order valence-electron chi connectivity index (χ2n) is 7.00. The van der Waals surface area contributed by atoms with Gasteiger partial charge in [0.05, 0.1) is 24.9 Å². The van der Waals surface area contributed by atoms with Gasteiger partial charge in [-0.15, -0.1) is 0 Å². The Morgan fingerprint density at radius 1 is 1.37 bits per heavy atom. The molecule has 10 nitrogen and oxygen atoms in total. The standard InChI is InChI=1S/C16H22BN2O8/c1-8(20)13(18)15(21)19-6-10(7-19)26-11-3-2-9-4-5-17(24,25)27-14(9)12(11)16(22)23/h2-3,8,10,13,20,24-25H,4-7,18H2,1H3,(H,22,23)/q-1. The van der Waals surface area contributed by atoms with Crippen molar-refractivity contribution >= 4 is 18.6 Å². The molecule has 11 heteroatoms. The Hall–Kier alpha value is -2.34. The quantitative estimate of drug-likeness (QED) is 0.384. The second kappa shape index (κ2) is 7.00. The van der Waals surface area contributed by atoms with Crippen LogP contribution >= 0.6 is 0 Å². The van der Waals surface area contributed by atoms with E-state index in [0.29, 0.717) is 5.56 Å². The molecule has 2 atom stereocenters. The Kier molecular flexibility index (Phi) is 5.04. The molecule has 2 unspecified atom stereocenters. The summed E-state index contributed by atoms with van der Waals surface area (Å²) >= 11 is 0. The van der Waals surface area contributed by atoms with Crippen LogP contribution in [0, 0.1) is 0 Å². The first-order valence-corrected chi connectivity index (χ1v) is 8.66. The highest BCUT2D eigenvalue weighted by atomic mass is 16.6. The number of nitrogens with zero attached hydrogens (tertiary/aromatic N) is 1. The highest BCUT2D eigenvalue weighted by molar-refractivity contribution is 6.59. The molecular formula is C16H22BN2O8-. The Morgan fingerprint density at radius 3 is 2.63 bits per heavy atom. The van der Waals surface area contributed by atoms with Crippen molar-refractivity contribution in [1.82, 2.24) is 4.90 Å². The summed E-state index contributed by atoms with van der Waals surface area (Å²) in [6.45, 7) is -1.29. The molecule has 1 fully saturated rings. The van der Waals surface area contributed by atoms with E-state index in [2.05, 4.69) is 0 Å². The third-order valence-corrected chi connectivity index (χ3v) is 4.77. The number of likely N-dealkylation sites (tertiary alicyclic amines) is 1. The largest absolute Gasteiger partial charge is 0.669 e. The summed E-state index contributed by atoms with van der Waals surface area (Å²) in [5.41, 5.74) is 5.88. The minimum absolute atomic E-state index is 0.0184. The molecule has 1 aromatic carbocycles. The number of hydrogen-bond acceptors (Lipinski definition) is 8. The molecule has 148 valence electrons. The first-order chi connectivity index (χ1) is 12.6. The van der Waals surface area contributed by atoms with Crippen molar-refractivity contribution in [2.75, 3.05) is 13.1 Å². The van der Waals surface area contributed by atoms with E-state index in [-0.39, 0.29) is 42.9 Å². The van der Waals surface area contributed by atoms with Gasteiger partial charge < -0.3 is 40.3 Å². The molecule has 0 bridgehead atoms. The summed E-state index contributed by atoms with van der Waals surface area (Å²) in [4.78, 5) is 25.1. The number of amides is 1. The maximum Gasteiger partial charge on any atom is 0.430 e. The minimum atomic E-state index is -3.11. The lowest BCUT2D eigenvalue weighted by atomic mass is 9.70. The zero-order chi connectivity index (χ0) is 19.9. The summed E-state index contributed by atoms with van der Waals surface area (Å²) < 4.78 is 10.8. The van der Waals surface area contributed by atoms with Crippen LogP contribution in [0.1, 0.15) is 22.8 Å². The van der Waals surface area contributed by atoms with Crippen LogP contribution in [0.3, 0.4) is 0 Å². The van der Waals surface area contributed by atoms with Crippen molar-refractivity contribution in [3.8, 4) is 11.5 Å². The predicted molar refractivity (Wildman–Crippen MR) is 93.4 cm³/mol. The molecule has 1 amide bonds. The van der Waals surface area contributed by atoms with E-state index < -0.39 is 36.9 Å². The van der Waals surface area contributed by atoms with E-state index >= 15 is 0 Å². The third kappa shape index (κ3) is 3.86. The number of hydrogen-bond donors (Lipinski definition) is 5. The SMILES string of the molecule is CC(O)C(N)C(=O)N1CC(Oc2ccc3c(c2C(=O)O)O[B-](O)(O)CC3)C1. The van der Waals surface area contributed by atoms with Crippen LogP contribution in [0.4, 0.5) is 0 Å². The van der Waals surface area contributed by atoms with Gasteiger partial charge in [0.1, 0.15) is 23.5 Å². The number of carbonyl (C=O) groups is 2. The Balaban J connectivity index is 1.74. The van der Waals surface area contributed by atoms with E-state index in [1.165, 1.54) is 17.9 Å². The van der Waals surface area contributed by atoms with E-state index in [0.717, 1.165) is 0 Å². The van der Waals surface area contributed by atoms with Crippen LogP contribution in [-0.2, 0) is 11.2 Å². The van der Waals surface area contributed by atoms with Gasteiger partial charge >= 0.3 is 12.7 Å². The van der Waals surface area contributed by atoms with Crippen molar-refractivity contribution in [2.24, 2.45) is 5.73 Å². The number of aryl methyl sites for hydroxylation is 1. The monoisotopic (exact) mass is 381 g/mol. The molecule has 0 aromatic heterocycles. The van der Waals surface area contributed by atoms with Crippen molar-refractivity contribution in [1.29, 1.82) is 0 Å². The molecule has 0 aliphatic carbocycles. The number of benzene rings is 1. The molecule has 3 rings (SSSR count). The molecule has 0 saturated carbocycles. The number of aliphatic hydroxyl groups excluding tert-OH is 1. The lowest BCUT2D eigenvalue weighted by Crippen LogP contribution is -2.61. The average molecular weight is 381 g/mol. The zero-order valence-corrected chi connectivity index (χ0v) is 14.7. The minimum Gasteiger partial charge on any atom is -0.669 e. The molecule has 0 radical (unpaired) electrons. The summed E-state index contributed by atoms with van der Waals surface area (Å²) in [5.74, 6) is -1.82. The van der Waals surface area contributed by atoms with Crippen LogP contribution in [0.2, 0.25) is 6.32 Å². The number of carboxylic acid groups (broad SMARTS) is 1. The van der Waals surface area contributed by atoms with Crippen molar-refractivity contribution in [3.05, 3.63) is 23.3 Å². The Labute approximate surface area is 155 Å². The van der Waals surface area contributed by atoms with Gasteiger partial charge in [0.2, 0.25) is 5.91 Å². The molecular weight excluding hydrogens is 359 g/mol. The van der Waals surface area contributed by atoms with Gasteiger partial charge in [0.15, 0.2) is 0 Å². The van der Waals surface area contributed by atoms with Crippen molar-refractivity contribution in [3.63, 3.8) is 0 Å². The predicted octanol–water partition coefficient (Wildman–Crippen LogP) is -1.46. The molecule has 1 aromatic rings. The Bertz CT molecular complexity index is 763. The van der Waals surface area contributed by atoms with Gasteiger partial charge in [-0.25, -0.2) is 4.79 Å². The van der Waals surface area contributed by atoms with Crippen LogP contribution in [0.5, 0.6) is 11.5 Å². The number of ether oxygens (including phenoxy) is 1.